The number of carbonyl (C=O) groups excluding carboxylic acids is 1. The van der Waals surface area contributed by atoms with Crippen LogP contribution >= 0.6 is 34.7 Å². The average molecular weight is 568 g/mol. The first kappa shape index (κ1) is 25.5. The molecular formula is C31H22ClN3O2S2. The fourth-order valence-corrected chi connectivity index (χ4v) is 6.33. The lowest BCUT2D eigenvalue weighted by Gasteiger charge is -2.09. The van der Waals surface area contributed by atoms with E-state index in [1.807, 2.05) is 72.8 Å². The fourth-order valence-electron chi connectivity index (χ4n) is 4.41. The molecule has 0 unspecified atom stereocenters. The molecule has 3 heterocycles. The van der Waals surface area contributed by atoms with Crippen LogP contribution < -0.4 is 0 Å². The highest BCUT2D eigenvalue weighted by Gasteiger charge is 2.21. The maximum Gasteiger partial charge on any atom is 0.316 e. The normalized spacial score (nSPS) is 11.2. The number of fused-ring (bicyclic) bond motifs is 3. The van der Waals surface area contributed by atoms with E-state index in [4.69, 9.17) is 31.3 Å². The number of thiophene rings is 1. The van der Waals surface area contributed by atoms with E-state index in [9.17, 15) is 4.79 Å². The van der Waals surface area contributed by atoms with Crippen molar-refractivity contribution in [3.8, 4) is 33.6 Å². The highest BCUT2D eigenvalue weighted by Crippen LogP contribution is 2.44. The minimum Gasteiger partial charge on any atom is -0.465 e. The van der Waals surface area contributed by atoms with Crippen molar-refractivity contribution in [1.29, 1.82) is 0 Å². The molecule has 6 rings (SSSR count). The van der Waals surface area contributed by atoms with Crippen molar-refractivity contribution in [3.05, 3.63) is 96.0 Å². The van der Waals surface area contributed by atoms with Crippen LogP contribution in [0.15, 0.2) is 96.2 Å². The van der Waals surface area contributed by atoms with Gasteiger partial charge in [0.2, 0.25) is 0 Å². The van der Waals surface area contributed by atoms with E-state index >= 15 is 0 Å². The zero-order valence-corrected chi connectivity index (χ0v) is 23.3. The van der Waals surface area contributed by atoms with E-state index in [-0.39, 0.29) is 11.7 Å². The van der Waals surface area contributed by atoms with Gasteiger partial charge >= 0.3 is 5.97 Å². The van der Waals surface area contributed by atoms with Gasteiger partial charge in [0.15, 0.2) is 5.16 Å². The summed E-state index contributed by atoms with van der Waals surface area (Å²) >= 11 is 9.10. The van der Waals surface area contributed by atoms with Crippen LogP contribution in [-0.4, -0.2) is 33.3 Å². The molecule has 3 aromatic heterocycles. The number of rotatable bonds is 7. The summed E-state index contributed by atoms with van der Waals surface area (Å²) in [7, 11) is 0. The first-order valence-corrected chi connectivity index (χ1v) is 14.6. The molecule has 0 radical (unpaired) electrons. The number of thioether (sulfide) groups is 1. The molecule has 0 aliphatic carbocycles. The zero-order chi connectivity index (χ0) is 26.8. The van der Waals surface area contributed by atoms with Crippen molar-refractivity contribution >= 4 is 61.1 Å². The summed E-state index contributed by atoms with van der Waals surface area (Å²) in [6.45, 7) is 2.13. The second-order valence-corrected chi connectivity index (χ2v) is 11.1. The molecule has 0 aliphatic heterocycles. The molecule has 192 valence electrons. The maximum absolute atomic E-state index is 12.1. The topological polar surface area (TPSA) is 65.0 Å². The monoisotopic (exact) mass is 567 g/mol. The number of nitrogens with zero attached hydrogens (tertiary/aromatic N) is 3. The summed E-state index contributed by atoms with van der Waals surface area (Å²) in [5.41, 5.74) is 6.55. The first-order chi connectivity index (χ1) is 19.1. The zero-order valence-electron chi connectivity index (χ0n) is 20.9. The van der Waals surface area contributed by atoms with Crippen LogP contribution in [0.1, 0.15) is 6.92 Å². The lowest BCUT2D eigenvalue weighted by molar-refractivity contribution is -0.139. The van der Waals surface area contributed by atoms with Crippen molar-refractivity contribution in [2.45, 2.75) is 12.1 Å². The Labute approximate surface area is 238 Å². The molecule has 0 amide bonds. The van der Waals surface area contributed by atoms with Gasteiger partial charge in [0.1, 0.15) is 4.83 Å². The molecule has 0 fully saturated rings. The summed E-state index contributed by atoms with van der Waals surface area (Å²) in [5.74, 6) is -0.158. The quantitative estimate of drug-likeness (QED) is 0.109. The molecule has 0 saturated heterocycles. The second-order valence-electron chi connectivity index (χ2n) is 8.70. The van der Waals surface area contributed by atoms with E-state index < -0.39 is 0 Å². The standard InChI is InChI=1S/C31H22ClN3O2S2/c1-2-37-25(36)18-38-31-34-27(21-11-7-4-8-12-21)29-28(35-31)26-23(19-13-15-22(32)16-14-19)17-24(33-30(26)39-29)20-9-5-3-6-10-20/h3-17H,2,18H2,1H3. The van der Waals surface area contributed by atoms with E-state index in [2.05, 4.69) is 18.2 Å². The van der Waals surface area contributed by atoms with Gasteiger partial charge in [-0.2, -0.15) is 0 Å². The molecule has 39 heavy (non-hydrogen) atoms. The third kappa shape index (κ3) is 5.26. The van der Waals surface area contributed by atoms with Gasteiger partial charge in [0.25, 0.3) is 0 Å². The van der Waals surface area contributed by atoms with Gasteiger partial charge in [0.05, 0.1) is 34.0 Å². The lowest BCUT2D eigenvalue weighted by atomic mass is 9.99. The molecule has 0 bridgehead atoms. The van der Waals surface area contributed by atoms with Crippen LogP contribution in [0.4, 0.5) is 0 Å². The Morgan fingerprint density at radius 1 is 0.872 bits per heavy atom. The summed E-state index contributed by atoms with van der Waals surface area (Å²) in [6.07, 6.45) is 0. The molecule has 8 heteroatoms. The Morgan fingerprint density at radius 3 is 2.26 bits per heavy atom. The number of esters is 1. The average Bonchev–Trinajstić information content (AvgIpc) is 3.35. The number of carbonyl (C=O) groups is 1. The largest absolute Gasteiger partial charge is 0.465 e. The van der Waals surface area contributed by atoms with Crippen molar-refractivity contribution < 1.29 is 9.53 Å². The van der Waals surface area contributed by atoms with Gasteiger partial charge in [-0.1, -0.05) is 96.2 Å². The highest BCUT2D eigenvalue weighted by atomic mass is 35.5. The number of halogens is 1. The number of hydrogen-bond acceptors (Lipinski definition) is 7. The third-order valence-electron chi connectivity index (χ3n) is 6.16. The minimum absolute atomic E-state index is 0.135. The molecule has 0 saturated carbocycles. The molecule has 5 nitrogen and oxygen atoms in total. The third-order valence-corrected chi connectivity index (χ3v) is 8.32. The maximum atomic E-state index is 12.1. The van der Waals surface area contributed by atoms with E-state index in [1.165, 1.54) is 11.8 Å². The molecule has 6 aromatic rings. The summed E-state index contributed by atoms with van der Waals surface area (Å²) in [6, 6.07) is 30.1. The minimum atomic E-state index is -0.293. The SMILES string of the molecule is CCOC(=O)CSc1nc(-c2ccccc2)c2sc3nc(-c4ccccc4)cc(-c4ccc(Cl)cc4)c3c2n1. The van der Waals surface area contributed by atoms with Gasteiger partial charge in [-0.15, -0.1) is 11.3 Å². The predicted molar refractivity (Wildman–Crippen MR) is 161 cm³/mol. The van der Waals surface area contributed by atoms with Gasteiger partial charge in [-0.3, -0.25) is 4.79 Å². The van der Waals surface area contributed by atoms with E-state index in [0.29, 0.717) is 16.8 Å². The molecule has 0 atom stereocenters. The van der Waals surface area contributed by atoms with Gasteiger partial charge in [0, 0.05) is 21.5 Å². The Kier molecular flexibility index (Phi) is 7.28. The number of hydrogen-bond donors (Lipinski definition) is 0. The Bertz CT molecular complexity index is 1790. The van der Waals surface area contributed by atoms with Crippen molar-refractivity contribution in [2.24, 2.45) is 0 Å². The van der Waals surface area contributed by atoms with Crippen molar-refractivity contribution in [3.63, 3.8) is 0 Å². The number of ether oxygens (including phenoxy) is 1. The molecular weight excluding hydrogens is 546 g/mol. The summed E-state index contributed by atoms with van der Waals surface area (Å²) < 4.78 is 6.08. The van der Waals surface area contributed by atoms with Crippen LogP contribution in [0.2, 0.25) is 5.02 Å². The fraction of sp³-hybridized carbons (Fsp3) is 0.0968. The van der Waals surface area contributed by atoms with Crippen molar-refractivity contribution in [1.82, 2.24) is 15.0 Å². The van der Waals surface area contributed by atoms with Crippen LogP contribution in [0.3, 0.4) is 0 Å². The predicted octanol–water partition coefficient (Wildman–Crippen LogP) is 8.55. The van der Waals surface area contributed by atoms with Crippen molar-refractivity contribution in [2.75, 3.05) is 12.4 Å². The second kappa shape index (κ2) is 11.1. The lowest BCUT2D eigenvalue weighted by Crippen LogP contribution is -2.07. The van der Waals surface area contributed by atoms with Crippen LogP contribution in [0.5, 0.6) is 0 Å². The van der Waals surface area contributed by atoms with Crippen LogP contribution in [0, 0.1) is 0 Å². The highest BCUT2D eigenvalue weighted by molar-refractivity contribution is 7.99. The first-order valence-electron chi connectivity index (χ1n) is 12.4. The Morgan fingerprint density at radius 2 is 1.56 bits per heavy atom. The summed E-state index contributed by atoms with van der Waals surface area (Å²) in [5, 5.41) is 2.15. The van der Waals surface area contributed by atoms with Gasteiger partial charge < -0.3 is 4.74 Å². The smallest absolute Gasteiger partial charge is 0.316 e. The van der Waals surface area contributed by atoms with E-state index in [0.717, 1.165) is 54.1 Å². The molecule has 0 N–H and O–H groups in total. The van der Waals surface area contributed by atoms with Crippen LogP contribution in [-0.2, 0) is 9.53 Å². The molecule has 3 aromatic carbocycles. The number of benzene rings is 3. The van der Waals surface area contributed by atoms with Gasteiger partial charge in [-0.05, 0) is 36.2 Å². The summed E-state index contributed by atoms with van der Waals surface area (Å²) in [4.78, 5) is 28.0. The molecule has 0 spiro atoms. The van der Waals surface area contributed by atoms with E-state index in [1.54, 1.807) is 18.3 Å². The number of pyridine rings is 1. The Hall–Kier alpha value is -3.78. The van der Waals surface area contributed by atoms with Crippen LogP contribution in [0.25, 0.3) is 54.1 Å². The van der Waals surface area contributed by atoms with Gasteiger partial charge in [-0.25, -0.2) is 15.0 Å². The molecule has 0 aliphatic rings. The number of aromatic nitrogens is 3. The Balaban J connectivity index is 1.63.